The monoisotopic (exact) mass is 428 g/mol. The van der Waals surface area contributed by atoms with Crippen LogP contribution < -0.4 is 0 Å². The minimum Gasteiger partial charge on any atom is -0.507 e. The molecule has 0 aliphatic heterocycles. The van der Waals surface area contributed by atoms with E-state index in [0.717, 1.165) is 0 Å². The molecule has 2 aromatic heterocycles. The average Bonchev–Trinajstić information content (AvgIpc) is 3.17. The number of ketones is 1. The minimum atomic E-state index is -3.69. The van der Waals surface area contributed by atoms with Gasteiger partial charge in [0.25, 0.3) is 0 Å². The Kier molecular flexibility index (Phi) is 6.04. The van der Waals surface area contributed by atoms with E-state index >= 15 is 0 Å². The summed E-state index contributed by atoms with van der Waals surface area (Å²) < 4.78 is 28.7. The van der Waals surface area contributed by atoms with E-state index < -0.39 is 10.0 Å². The summed E-state index contributed by atoms with van der Waals surface area (Å²) in [5.41, 5.74) is 0.453. The Bertz CT molecular complexity index is 1140. The molecule has 1 N–H and O–H groups in total. The molecule has 0 radical (unpaired) electrons. The molecule has 0 atom stereocenters. The molecule has 3 aromatic rings. The SMILES string of the molecule is CC(C)N(C(C)C)S(=O)(=O)c1ccc(-n2cc(C(=O)c3ccccc3O)cn2)nc1. The quantitative estimate of drug-likeness (QED) is 0.580. The van der Waals surface area contributed by atoms with Crippen molar-refractivity contribution in [3.8, 4) is 11.6 Å². The van der Waals surface area contributed by atoms with E-state index in [1.165, 1.54) is 51.8 Å². The Morgan fingerprint density at radius 3 is 2.27 bits per heavy atom. The predicted octanol–water partition coefficient (Wildman–Crippen LogP) is 3.01. The first-order chi connectivity index (χ1) is 14.1. The number of carbonyl (C=O) groups excluding carboxylic acids is 1. The van der Waals surface area contributed by atoms with Gasteiger partial charge in [0.2, 0.25) is 10.0 Å². The summed E-state index contributed by atoms with van der Waals surface area (Å²) in [6, 6.07) is 8.89. The second-order valence-corrected chi connectivity index (χ2v) is 9.24. The molecule has 158 valence electrons. The van der Waals surface area contributed by atoms with Crippen molar-refractivity contribution in [1.82, 2.24) is 19.1 Å². The highest BCUT2D eigenvalue weighted by molar-refractivity contribution is 7.89. The van der Waals surface area contributed by atoms with Crippen molar-refractivity contribution in [3.05, 3.63) is 66.1 Å². The molecule has 3 rings (SSSR count). The molecule has 8 nitrogen and oxygen atoms in total. The number of nitrogens with zero attached hydrogens (tertiary/aromatic N) is 4. The van der Waals surface area contributed by atoms with Gasteiger partial charge in [-0.25, -0.2) is 18.1 Å². The van der Waals surface area contributed by atoms with Gasteiger partial charge in [-0.1, -0.05) is 12.1 Å². The van der Waals surface area contributed by atoms with E-state index in [2.05, 4.69) is 10.1 Å². The van der Waals surface area contributed by atoms with Crippen LogP contribution in [0.2, 0.25) is 0 Å². The number of rotatable bonds is 7. The predicted molar refractivity (Wildman–Crippen MR) is 112 cm³/mol. The molecule has 2 heterocycles. The van der Waals surface area contributed by atoms with Gasteiger partial charge in [0, 0.05) is 24.5 Å². The van der Waals surface area contributed by atoms with Crippen LogP contribution in [0.4, 0.5) is 0 Å². The van der Waals surface area contributed by atoms with Gasteiger partial charge >= 0.3 is 0 Å². The number of aromatic hydroxyl groups is 1. The lowest BCUT2D eigenvalue weighted by Crippen LogP contribution is -2.41. The van der Waals surface area contributed by atoms with Crippen LogP contribution >= 0.6 is 0 Å². The zero-order valence-electron chi connectivity index (χ0n) is 17.2. The first kappa shape index (κ1) is 21.7. The molecule has 0 unspecified atom stereocenters. The van der Waals surface area contributed by atoms with Crippen molar-refractivity contribution >= 4 is 15.8 Å². The summed E-state index contributed by atoms with van der Waals surface area (Å²) in [5.74, 6) is -0.114. The van der Waals surface area contributed by atoms with E-state index in [9.17, 15) is 18.3 Å². The van der Waals surface area contributed by atoms with Crippen LogP contribution in [0.1, 0.15) is 43.6 Å². The van der Waals surface area contributed by atoms with Crippen LogP contribution in [-0.4, -0.2) is 50.5 Å². The molecule has 0 amide bonds. The lowest BCUT2D eigenvalue weighted by molar-refractivity contribution is 0.103. The fourth-order valence-electron chi connectivity index (χ4n) is 3.32. The van der Waals surface area contributed by atoms with Crippen molar-refractivity contribution in [2.75, 3.05) is 0 Å². The topological polar surface area (TPSA) is 105 Å². The van der Waals surface area contributed by atoms with Gasteiger partial charge < -0.3 is 5.11 Å². The molecular formula is C21H24N4O4S. The van der Waals surface area contributed by atoms with Crippen LogP contribution in [0.15, 0.2) is 59.9 Å². The maximum Gasteiger partial charge on any atom is 0.245 e. The van der Waals surface area contributed by atoms with Crippen LogP contribution in [0.5, 0.6) is 5.75 Å². The fraction of sp³-hybridized carbons (Fsp3) is 0.286. The van der Waals surface area contributed by atoms with Gasteiger partial charge in [-0.05, 0) is 52.0 Å². The number of hydrogen-bond acceptors (Lipinski definition) is 6. The van der Waals surface area contributed by atoms with E-state index in [4.69, 9.17) is 0 Å². The fourth-order valence-corrected chi connectivity index (χ4v) is 5.10. The Hall–Kier alpha value is -3.04. The van der Waals surface area contributed by atoms with Gasteiger partial charge in [-0.3, -0.25) is 4.79 Å². The maximum absolute atomic E-state index is 12.9. The highest BCUT2D eigenvalue weighted by Gasteiger charge is 2.29. The number of pyridine rings is 1. The normalized spacial score (nSPS) is 12.1. The van der Waals surface area contributed by atoms with E-state index in [-0.39, 0.29) is 39.6 Å². The minimum absolute atomic E-state index is 0.0892. The van der Waals surface area contributed by atoms with Crippen molar-refractivity contribution in [1.29, 1.82) is 0 Å². The largest absolute Gasteiger partial charge is 0.507 e. The number of phenolic OH excluding ortho intramolecular Hbond substituents is 1. The Balaban J connectivity index is 1.88. The van der Waals surface area contributed by atoms with Gasteiger partial charge in [-0.15, -0.1) is 0 Å². The molecular weight excluding hydrogens is 404 g/mol. The number of sulfonamides is 1. The van der Waals surface area contributed by atoms with E-state index in [1.807, 2.05) is 27.7 Å². The third kappa shape index (κ3) is 4.12. The second-order valence-electron chi connectivity index (χ2n) is 7.39. The maximum atomic E-state index is 12.9. The lowest BCUT2D eigenvalue weighted by atomic mass is 10.1. The van der Waals surface area contributed by atoms with Crippen LogP contribution in [0, 0.1) is 0 Å². The number of phenols is 1. The number of hydrogen-bond donors (Lipinski definition) is 1. The van der Waals surface area contributed by atoms with Crippen LogP contribution in [0.25, 0.3) is 5.82 Å². The highest BCUT2D eigenvalue weighted by atomic mass is 32.2. The first-order valence-electron chi connectivity index (χ1n) is 9.50. The van der Waals surface area contributed by atoms with Gasteiger partial charge in [-0.2, -0.15) is 9.40 Å². The zero-order chi connectivity index (χ0) is 22.1. The van der Waals surface area contributed by atoms with Crippen LogP contribution in [-0.2, 0) is 10.0 Å². The van der Waals surface area contributed by atoms with Gasteiger partial charge in [0.05, 0.1) is 17.3 Å². The van der Waals surface area contributed by atoms with Crippen molar-refractivity contribution < 1.29 is 18.3 Å². The number of carbonyl (C=O) groups is 1. The summed E-state index contributed by atoms with van der Waals surface area (Å²) in [7, 11) is -3.69. The molecule has 0 saturated carbocycles. The number of aromatic nitrogens is 3. The molecule has 30 heavy (non-hydrogen) atoms. The molecule has 0 fully saturated rings. The average molecular weight is 429 g/mol. The third-order valence-electron chi connectivity index (χ3n) is 4.54. The zero-order valence-corrected chi connectivity index (χ0v) is 18.0. The summed E-state index contributed by atoms with van der Waals surface area (Å²) in [6.07, 6.45) is 4.15. The number of benzene rings is 1. The summed E-state index contributed by atoms with van der Waals surface area (Å²) >= 11 is 0. The van der Waals surface area contributed by atoms with Gasteiger partial charge in [0.1, 0.15) is 10.6 Å². The standard InChI is InChI=1S/C21H24N4O4S/c1-14(2)25(15(3)4)30(28,29)17-9-10-20(22-12-17)24-13-16(11-23-24)21(27)18-7-5-6-8-19(18)26/h5-15,26H,1-4H3. The summed E-state index contributed by atoms with van der Waals surface area (Å²) in [6.45, 7) is 7.30. The Morgan fingerprint density at radius 1 is 1.03 bits per heavy atom. The highest BCUT2D eigenvalue weighted by Crippen LogP contribution is 2.22. The Labute approximate surface area is 175 Å². The van der Waals surface area contributed by atoms with E-state index in [0.29, 0.717) is 5.82 Å². The second kappa shape index (κ2) is 8.37. The van der Waals surface area contributed by atoms with Crippen LogP contribution in [0.3, 0.4) is 0 Å². The smallest absolute Gasteiger partial charge is 0.245 e. The molecule has 0 aliphatic rings. The summed E-state index contributed by atoms with van der Waals surface area (Å²) in [5, 5.41) is 14.0. The van der Waals surface area contributed by atoms with Crippen molar-refractivity contribution in [2.45, 2.75) is 44.7 Å². The van der Waals surface area contributed by atoms with Crippen molar-refractivity contribution in [3.63, 3.8) is 0 Å². The molecule has 0 saturated heterocycles. The molecule has 0 bridgehead atoms. The third-order valence-corrected chi connectivity index (χ3v) is 6.78. The first-order valence-corrected chi connectivity index (χ1v) is 10.9. The lowest BCUT2D eigenvalue weighted by Gasteiger charge is -2.29. The molecule has 1 aromatic carbocycles. The van der Waals surface area contributed by atoms with Gasteiger partial charge in [0.15, 0.2) is 11.6 Å². The molecule has 0 aliphatic carbocycles. The number of para-hydroxylation sites is 1. The Morgan fingerprint density at radius 2 is 1.70 bits per heavy atom. The molecule has 9 heteroatoms. The summed E-state index contributed by atoms with van der Waals surface area (Å²) in [4.78, 5) is 16.9. The van der Waals surface area contributed by atoms with E-state index in [1.54, 1.807) is 12.1 Å². The molecule has 0 spiro atoms. The van der Waals surface area contributed by atoms with Crippen molar-refractivity contribution in [2.24, 2.45) is 0 Å².